The second-order valence-electron chi connectivity index (χ2n) is 6.61. The van der Waals surface area contributed by atoms with Crippen LogP contribution in [0.3, 0.4) is 0 Å². The molecule has 1 unspecified atom stereocenters. The summed E-state index contributed by atoms with van der Waals surface area (Å²) in [6.07, 6.45) is 2.96. The molecule has 1 saturated heterocycles. The Bertz CT molecular complexity index is 1030. The fraction of sp³-hybridized carbons (Fsp3) is 0.200. The molecule has 2 aliphatic heterocycles. The lowest BCUT2D eigenvalue weighted by molar-refractivity contribution is -0.117. The van der Waals surface area contributed by atoms with E-state index in [1.54, 1.807) is 4.90 Å². The highest BCUT2D eigenvalue weighted by atomic mass is 16.2. The van der Waals surface area contributed by atoms with E-state index in [2.05, 4.69) is 0 Å². The van der Waals surface area contributed by atoms with Crippen LogP contribution in [0.15, 0.2) is 54.7 Å². The maximum Gasteiger partial charge on any atom is 0.228 e. The highest BCUT2D eigenvalue weighted by molar-refractivity contribution is 6.23. The van der Waals surface area contributed by atoms with Gasteiger partial charge in [-0.3, -0.25) is 14.5 Å². The van der Waals surface area contributed by atoms with E-state index in [4.69, 9.17) is 0 Å². The molecule has 1 atom stereocenters. The summed E-state index contributed by atoms with van der Waals surface area (Å²) in [5.74, 6) is 0.0709. The van der Waals surface area contributed by atoms with Gasteiger partial charge in [0, 0.05) is 41.7 Å². The van der Waals surface area contributed by atoms with Gasteiger partial charge in [-0.2, -0.15) is 0 Å². The Morgan fingerprint density at radius 1 is 1.00 bits per heavy atom. The SMILES string of the molecule is Cn1cc(C23CCC(=O)N2c2ccccc2C3=O)c2ccccc21. The molecule has 0 saturated carbocycles. The Balaban J connectivity index is 1.86. The molecular weight excluding hydrogens is 300 g/mol. The average molecular weight is 316 g/mol. The van der Waals surface area contributed by atoms with Crippen molar-refractivity contribution in [3.63, 3.8) is 0 Å². The van der Waals surface area contributed by atoms with Gasteiger partial charge < -0.3 is 4.57 Å². The molecule has 0 N–H and O–H groups in total. The summed E-state index contributed by atoms with van der Waals surface area (Å²) in [6.45, 7) is 0. The van der Waals surface area contributed by atoms with Gasteiger partial charge in [0.2, 0.25) is 5.91 Å². The number of carbonyl (C=O) groups excluding carboxylic acids is 2. The van der Waals surface area contributed by atoms with E-state index < -0.39 is 5.54 Å². The van der Waals surface area contributed by atoms with E-state index in [0.29, 0.717) is 18.4 Å². The second kappa shape index (κ2) is 4.35. The van der Waals surface area contributed by atoms with Crippen molar-refractivity contribution in [1.29, 1.82) is 0 Å². The van der Waals surface area contributed by atoms with E-state index in [1.807, 2.05) is 66.3 Å². The average Bonchev–Trinajstić information content (AvgIpc) is 3.21. The van der Waals surface area contributed by atoms with Gasteiger partial charge >= 0.3 is 0 Å². The Labute approximate surface area is 139 Å². The number of aromatic nitrogens is 1. The maximum atomic E-state index is 13.4. The van der Waals surface area contributed by atoms with Gasteiger partial charge in [-0.1, -0.05) is 30.3 Å². The van der Waals surface area contributed by atoms with Crippen molar-refractivity contribution in [2.75, 3.05) is 4.90 Å². The van der Waals surface area contributed by atoms with Crippen LogP contribution in [-0.2, 0) is 17.4 Å². The van der Waals surface area contributed by atoms with Crippen LogP contribution in [0, 0.1) is 0 Å². The van der Waals surface area contributed by atoms with Crippen LogP contribution in [0.25, 0.3) is 10.9 Å². The van der Waals surface area contributed by atoms with Crippen molar-refractivity contribution in [2.24, 2.45) is 7.05 Å². The smallest absolute Gasteiger partial charge is 0.228 e. The van der Waals surface area contributed by atoms with E-state index in [9.17, 15) is 9.59 Å². The second-order valence-corrected chi connectivity index (χ2v) is 6.61. The number of fused-ring (bicyclic) bond motifs is 4. The number of carbonyl (C=O) groups is 2. The number of amides is 1. The largest absolute Gasteiger partial charge is 0.350 e. The number of hydrogen-bond acceptors (Lipinski definition) is 2. The van der Waals surface area contributed by atoms with Crippen LogP contribution in [-0.4, -0.2) is 16.3 Å². The first-order chi connectivity index (χ1) is 11.6. The fourth-order valence-electron chi connectivity index (χ4n) is 4.41. The zero-order valence-corrected chi connectivity index (χ0v) is 13.3. The van der Waals surface area contributed by atoms with Gasteiger partial charge in [-0.05, 0) is 24.6 Å². The van der Waals surface area contributed by atoms with Gasteiger partial charge in [-0.15, -0.1) is 0 Å². The van der Waals surface area contributed by atoms with Crippen LogP contribution in [0.5, 0.6) is 0 Å². The molecule has 1 fully saturated rings. The summed E-state index contributed by atoms with van der Waals surface area (Å²) >= 11 is 0. The molecule has 0 bridgehead atoms. The predicted octanol–water partition coefficient (Wildman–Crippen LogP) is 3.40. The number of ketones is 1. The number of benzene rings is 2. The number of aryl methyl sites for hydroxylation is 1. The molecule has 3 aromatic rings. The predicted molar refractivity (Wildman–Crippen MR) is 92.1 cm³/mol. The summed E-state index contributed by atoms with van der Waals surface area (Å²) in [6, 6.07) is 15.5. The minimum atomic E-state index is -0.887. The molecular formula is C20H16N2O2. The van der Waals surface area contributed by atoms with Crippen LogP contribution in [0.2, 0.25) is 0 Å². The van der Waals surface area contributed by atoms with E-state index >= 15 is 0 Å². The third-order valence-corrected chi connectivity index (χ3v) is 5.44. The molecule has 3 heterocycles. The van der Waals surface area contributed by atoms with Crippen LogP contribution < -0.4 is 4.90 Å². The molecule has 24 heavy (non-hydrogen) atoms. The lowest BCUT2D eigenvalue weighted by atomic mass is 9.83. The Hall–Kier alpha value is -2.88. The first-order valence-electron chi connectivity index (χ1n) is 8.16. The Morgan fingerprint density at radius 2 is 1.75 bits per heavy atom. The molecule has 0 aliphatic carbocycles. The molecule has 5 rings (SSSR count). The lowest BCUT2D eigenvalue weighted by Crippen LogP contribution is -2.44. The first-order valence-corrected chi connectivity index (χ1v) is 8.16. The molecule has 0 spiro atoms. The molecule has 4 nitrogen and oxygen atoms in total. The molecule has 118 valence electrons. The van der Waals surface area contributed by atoms with Crippen LogP contribution in [0.1, 0.15) is 28.8 Å². The number of Topliss-reactive ketones (excluding diaryl/α,β-unsaturated/α-hetero) is 1. The van der Waals surface area contributed by atoms with Gasteiger partial charge in [0.05, 0.1) is 5.69 Å². The van der Waals surface area contributed by atoms with Crippen LogP contribution >= 0.6 is 0 Å². The zero-order valence-electron chi connectivity index (χ0n) is 13.3. The van der Waals surface area contributed by atoms with Crippen molar-refractivity contribution in [3.8, 4) is 0 Å². The minimum absolute atomic E-state index is 0.0289. The zero-order chi connectivity index (χ0) is 16.5. The van der Waals surface area contributed by atoms with Gasteiger partial charge in [-0.25, -0.2) is 0 Å². The molecule has 4 heteroatoms. The monoisotopic (exact) mass is 316 g/mol. The maximum absolute atomic E-state index is 13.4. The minimum Gasteiger partial charge on any atom is -0.350 e. The summed E-state index contributed by atoms with van der Waals surface area (Å²) in [5, 5.41) is 1.04. The van der Waals surface area contributed by atoms with Gasteiger partial charge in [0.25, 0.3) is 0 Å². The van der Waals surface area contributed by atoms with Crippen molar-refractivity contribution in [1.82, 2.24) is 4.57 Å². The first kappa shape index (κ1) is 13.5. The number of rotatable bonds is 1. The van der Waals surface area contributed by atoms with Crippen LogP contribution in [0.4, 0.5) is 5.69 Å². The van der Waals surface area contributed by atoms with Crippen molar-refractivity contribution in [3.05, 3.63) is 65.9 Å². The normalized spacial score (nSPS) is 22.3. The third kappa shape index (κ3) is 1.39. The summed E-state index contributed by atoms with van der Waals surface area (Å²) in [7, 11) is 1.98. The summed E-state index contributed by atoms with van der Waals surface area (Å²) in [5.41, 5.74) is 2.52. The van der Waals surface area contributed by atoms with E-state index in [-0.39, 0.29) is 11.7 Å². The van der Waals surface area contributed by atoms with Gasteiger partial charge in [0.15, 0.2) is 5.78 Å². The standard InChI is InChI=1S/C20H16N2O2/c1-21-12-15(13-6-2-4-8-16(13)21)20-11-10-18(23)22(20)17-9-5-3-7-14(17)19(20)24/h2-9,12H,10-11H2,1H3. The highest BCUT2D eigenvalue weighted by Crippen LogP contribution is 2.53. The number of anilines is 1. The van der Waals surface area contributed by atoms with Crippen molar-refractivity contribution < 1.29 is 9.59 Å². The quantitative estimate of drug-likeness (QED) is 0.690. The number of para-hydroxylation sites is 2. The molecule has 2 aliphatic rings. The lowest BCUT2D eigenvalue weighted by Gasteiger charge is -2.30. The number of hydrogen-bond donors (Lipinski definition) is 0. The third-order valence-electron chi connectivity index (χ3n) is 5.44. The molecule has 1 amide bonds. The topological polar surface area (TPSA) is 42.3 Å². The molecule has 1 aromatic heterocycles. The highest BCUT2D eigenvalue weighted by Gasteiger charge is 2.59. The number of nitrogens with zero attached hydrogens (tertiary/aromatic N) is 2. The van der Waals surface area contributed by atoms with Gasteiger partial charge in [0.1, 0.15) is 5.54 Å². The molecule has 0 radical (unpaired) electrons. The van der Waals surface area contributed by atoms with E-state index in [0.717, 1.165) is 22.2 Å². The Kier molecular flexibility index (Phi) is 2.46. The fourth-order valence-corrected chi connectivity index (χ4v) is 4.41. The Morgan fingerprint density at radius 3 is 2.62 bits per heavy atom. The van der Waals surface area contributed by atoms with Crippen molar-refractivity contribution >= 4 is 28.3 Å². The van der Waals surface area contributed by atoms with E-state index in [1.165, 1.54) is 0 Å². The summed E-state index contributed by atoms with van der Waals surface area (Å²) in [4.78, 5) is 27.8. The molecule has 2 aromatic carbocycles. The summed E-state index contributed by atoms with van der Waals surface area (Å²) < 4.78 is 2.04. The van der Waals surface area contributed by atoms with Crippen molar-refractivity contribution in [2.45, 2.75) is 18.4 Å².